The number of phenols is 2. The third-order valence-electron chi connectivity index (χ3n) is 4.72. The number of aromatic nitrogens is 2. The van der Waals surface area contributed by atoms with E-state index in [0.717, 1.165) is 18.5 Å². The standard InChI is InChI=1S/C19H18N2O2/c22-15-3-1-12(2-4-15)18-8-13(7-14-10-20-11-21-14)19-9-16(23)5-6-17(18)19/h1-6,9-11,13,18,22-23H,7-8H2,(H,20,21). The summed E-state index contributed by atoms with van der Waals surface area (Å²) in [5.41, 5.74) is 4.77. The molecule has 0 saturated carbocycles. The largest absolute Gasteiger partial charge is 0.508 e. The first kappa shape index (κ1) is 13.9. The molecule has 0 spiro atoms. The van der Waals surface area contributed by atoms with Gasteiger partial charge in [0.2, 0.25) is 0 Å². The summed E-state index contributed by atoms with van der Waals surface area (Å²) in [6.45, 7) is 0. The Morgan fingerprint density at radius 2 is 1.78 bits per heavy atom. The lowest BCUT2D eigenvalue weighted by molar-refractivity contribution is 0.473. The molecule has 3 aromatic rings. The van der Waals surface area contributed by atoms with Crippen molar-refractivity contribution in [2.75, 3.05) is 0 Å². The number of hydrogen-bond donors (Lipinski definition) is 3. The zero-order valence-corrected chi connectivity index (χ0v) is 12.6. The molecule has 1 aliphatic carbocycles. The van der Waals surface area contributed by atoms with Crippen LogP contribution < -0.4 is 0 Å². The average Bonchev–Trinajstić information content (AvgIpc) is 3.17. The topological polar surface area (TPSA) is 69.1 Å². The van der Waals surface area contributed by atoms with E-state index >= 15 is 0 Å². The van der Waals surface area contributed by atoms with Gasteiger partial charge in [-0.05, 0) is 59.7 Å². The van der Waals surface area contributed by atoms with Gasteiger partial charge in [0.1, 0.15) is 11.5 Å². The molecule has 23 heavy (non-hydrogen) atoms. The number of fused-ring (bicyclic) bond motifs is 1. The number of hydrogen-bond acceptors (Lipinski definition) is 3. The first-order valence-electron chi connectivity index (χ1n) is 7.79. The average molecular weight is 306 g/mol. The molecular formula is C19H18N2O2. The molecule has 0 saturated heterocycles. The summed E-state index contributed by atoms with van der Waals surface area (Å²) in [6, 6.07) is 13.1. The Balaban J connectivity index is 1.72. The van der Waals surface area contributed by atoms with Crippen molar-refractivity contribution in [2.24, 2.45) is 0 Å². The van der Waals surface area contributed by atoms with E-state index < -0.39 is 0 Å². The molecule has 0 bridgehead atoms. The number of nitrogens with one attached hydrogen (secondary N) is 1. The molecule has 0 aliphatic heterocycles. The minimum atomic E-state index is 0.284. The second kappa shape index (κ2) is 5.47. The van der Waals surface area contributed by atoms with Crippen molar-refractivity contribution in [1.82, 2.24) is 9.97 Å². The predicted octanol–water partition coefficient (Wildman–Crippen LogP) is 3.68. The molecule has 2 unspecified atom stereocenters. The fraction of sp³-hybridized carbons (Fsp3) is 0.211. The third kappa shape index (κ3) is 2.57. The zero-order chi connectivity index (χ0) is 15.8. The second-order valence-corrected chi connectivity index (χ2v) is 6.17. The van der Waals surface area contributed by atoms with Crippen molar-refractivity contribution in [3.05, 3.63) is 77.4 Å². The lowest BCUT2D eigenvalue weighted by atomic mass is 9.92. The summed E-state index contributed by atoms with van der Waals surface area (Å²) in [7, 11) is 0. The van der Waals surface area contributed by atoms with Gasteiger partial charge in [-0.15, -0.1) is 0 Å². The van der Waals surface area contributed by atoms with E-state index in [4.69, 9.17) is 0 Å². The van der Waals surface area contributed by atoms with Crippen LogP contribution in [0.4, 0.5) is 0 Å². The Hall–Kier alpha value is -2.75. The molecule has 4 nitrogen and oxygen atoms in total. The van der Waals surface area contributed by atoms with Crippen LogP contribution in [-0.4, -0.2) is 20.2 Å². The van der Waals surface area contributed by atoms with E-state index in [1.807, 2.05) is 30.5 Å². The third-order valence-corrected chi connectivity index (χ3v) is 4.72. The number of imidazole rings is 1. The van der Waals surface area contributed by atoms with Crippen molar-refractivity contribution in [2.45, 2.75) is 24.7 Å². The van der Waals surface area contributed by atoms with E-state index in [9.17, 15) is 10.2 Å². The van der Waals surface area contributed by atoms with Crippen molar-refractivity contribution < 1.29 is 10.2 Å². The Morgan fingerprint density at radius 1 is 1.00 bits per heavy atom. The summed E-state index contributed by atoms with van der Waals surface area (Å²) < 4.78 is 0. The van der Waals surface area contributed by atoms with Crippen LogP contribution in [0.25, 0.3) is 0 Å². The van der Waals surface area contributed by atoms with Gasteiger partial charge in [-0.2, -0.15) is 0 Å². The van der Waals surface area contributed by atoms with Crippen LogP contribution in [0.3, 0.4) is 0 Å². The Kier molecular flexibility index (Phi) is 3.30. The highest BCUT2D eigenvalue weighted by Crippen LogP contribution is 2.47. The molecule has 0 fully saturated rings. The van der Waals surface area contributed by atoms with E-state index in [2.05, 4.69) is 9.97 Å². The molecule has 1 heterocycles. The monoisotopic (exact) mass is 306 g/mol. The first-order valence-corrected chi connectivity index (χ1v) is 7.79. The lowest BCUT2D eigenvalue weighted by Crippen LogP contribution is -2.00. The van der Waals surface area contributed by atoms with Gasteiger partial charge in [-0.3, -0.25) is 0 Å². The van der Waals surface area contributed by atoms with Crippen molar-refractivity contribution in [3.8, 4) is 11.5 Å². The lowest BCUT2D eigenvalue weighted by Gasteiger charge is -2.12. The van der Waals surface area contributed by atoms with Crippen LogP contribution in [0, 0.1) is 0 Å². The number of phenolic OH excluding ortho intramolecular Hbond substituents is 2. The maximum absolute atomic E-state index is 9.88. The Labute approximate surface area is 134 Å². The minimum absolute atomic E-state index is 0.284. The molecule has 1 aliphatic rings. The summed E-state index contributed by atoms with van der Waals surface area (Å²) in [4.78, 5) is 7.26. The SMILES string of the molecule is Oc1ccc(C2CC(Cc3cnc[nH]3)c3cc(O)ccc32)cc1. The molecule has 0 amide bonds. The van der Waals surface area contributed by atoms with E-state index in [1.165, 1.54) is 16.7 Å². The normalized spacial score (nSPS) is 19.7. The highest BCUT2D eigenvalue weighted by Gasteiger charge is 2.32. The summed E-state index contributed by atoms with van der Waals surface area (Å²) >= 11 is 0. The number of aromatic hydroxyl groups is 2. The zero-order valence-electron chi connectivity index (χ0n) is 12.6. The summed E-state index contributed by atoms with van der Waals surface area (Å²) in [6.07, 6.45) is 5.43. The summed E-state index contributed by atoms with van der Waals surface area (Å²) in [5, 5.41) is 19.4. The molecule has 2 atom stereocenters. The van der Waals surface area contributed by atoms with Gasteiger partial charge in [-0.25, -0.2) is 4.98 Å². The molecule has 0 radical (unpaired) electrons. The highest BCUT2D eigenvalue weighted by molar-refractivity contribution is 5.48. The maximum atomic E-state index is 9.88. The van der Waals surface area contributed by atoms with E-state index in [0.29, 0.717) is 17.6 Å². The number of aromatic amines is 1. The molecular weight excluding hydrogens is 288 g/mol. The number of rotatable bonds is 3. The quantitative estimate of drug-likeness (QED) is 0.691. The van der Waals surface area contributed by atoms with Crippen LogP contribution in [-0.2, 0) is 6.42 Å². The fourth-order valence-corrected chi connectivity index (χ4v) is 3.65. The molecule has 2 aromatic carbocycles. The van der Waals surface area contributed by atoms with Gasteiger partial charge in [0, 0.05) is 17.8 Å². The Bertz CT molecular complexity index is 810. The van der Waals surface area contributed by atoms with E-state index in [-0.39, 0.29) is 5.75 Å². The van der Waals surface area contributed by atoms with Gasteiger partial charge in [0.25, 0.3) is 0 Å². The van der Waals surface area contributed by atoms with Crippen LogP contribution in [0.15, 0.2) is 55.0 Å². The molecule has 116 valence electrons. The number of benzene rings is 2. The maximum Gasteiger partial charge on any atom is 0.115 e. The number of nitrogens with zero attached hydrogens (tertiary/aromatic N) is 1. The van der Waals surface area contributed by atoms with Crippen molar-refractivity contribution in [1.29, 1.82) is 0 Å². The van der Waals surface area contributed by atoms with Crippen molar-refractivity contribution >= 4 is 0 Å². The van der Waals surface area contributed by atoms with Gasteiger partial charge >= 0.3 is 0 Å². The fourth-order valence-electron chi connectivity index (χ4n) is 3.65. The molecule has 1 aromatic heterocycles. The molecule has 4 heteroatoms. The van der Waals surface area contributed by atoms with Crippen LogP contribution in [0.5, 0.6) is 11.5 Å². The van der Waals surface area contributed by atoms with Crippen LogP contribution in [0.1, 0.15) is 40.6 Å². The Morgan fingerprint density at radius 3 is 2.52 bits per heavy atom. The van der Waals surface area contributed by atoms with Gasteiger partial charge in [0.05, 0.1) is 6.33 Å². The smallest absolute Gasteiger partial charge is 0.115 e. The van der Waals surface area contributed by atoms with E-state index in [1.54, 1.807) is 24.5 Å². The molecule has 3 N–H and O–H groups in total. The first-order chi connectivity index (χ1) is 11.2. The summed E-state index contributed by atoms with van der Waals surface area (Å²) in [5.74, 6) is 1.23. The van der Waals surface area contributed by atoms with Gasteiger partial charge in [-0.1, -0.05) is 18.2 Å². The number of H-pyrrole nitrogens is 1. The predicted molar refractivity (Wildman–Crippen MR) is 87.7 cm³/mol. The second-order valence-electron chi connectivity index (χ2n) is 6.17. The van der Waals surface area contributed by atoms with Crippen LogP contribution in [0.2, 0.25) is 0 Å². The van der Waals surface area contributed by atoms with Gasteiger partial charge in [0.15, 0.2) is 0 Å². The highest BCUT2D eigenvalue weighted by atomic mass is 16.3. The minimum Gasteiger partial charge on any atom is -0.508 e. The van der Waals surface area contributed by atoms with Crippen molar-refractivity contribution in [3.63, 3.8) is 0 Å². The van der Waals surface area contributed by atoms with Gasteiger partial charge < -0.3 is 15.2 Å². The van der Waals surface area contributed by atoms with Crippen LogP contribution >= 0.6 is 0 Å². The molecule has 4 rings (SSSR count).